The predicted molar refractivity (Wildman–Crippen MR) is 79.5 cm³/mol. The van der Waals surface area contributed by atoms with Gasteiger partial charge in [0.05, 0.1) is 15.5 Å². The third-order valence-corrected chi connectivity index (χ3v) is 4.54. The van der Waals surface area contributed by atoms with Gasteiger partial charge in [0.2, 0.25) is 5.91 Å². The molecule has 2 aromatic carbocycles. The molecular formula is C12H11NNaO8S2+. The fraction of sp³-hybridized carbons (Fsp3) is 0.0833. The molecule has 0 heterocycles. The molecule has 0 saturated heterocycles. The quantitative estimate of drug-likeness (QED) is 0.349. The van der Waals surface area contributed by atoms with Crippen molar-refractivity contribution in [3.8, 4) is 5.75 Å². The van der Waals surface area contributed by atoms with Crippen LogP contribution >= 0.6 is 0 Å². The van der Waals surface area contributed by atoms with E-state index in [1.807, 2.05) is 0 Å². The van der Waals surface area contributed by atoms with Crippen LogP contribution in [-0.2, 0) is 25.0 Å². The number of fused-ring (bicyclic) bond motifs is 1. The Morgan fingerprint density at radius 2 is 1.42 bits per heavy atom. The van der Waals surface area contributed by atoms with Crippen molar-refractivity contribution in [2.75, 3.05) is 5.32 Å². The third kappa shape index (κ3) is 4.45. The van der Waals surface area contributed by atoms with Crippen molar-refractivity contribution in [1.29, 1.82) is 0 Å². The number of rotatable bonds is 3. The van der Waals surface area contributed by atoms with Crippen LogP contribution in [-0.4, -0.2) is 37.0 Å². The Labute approximate surface area is 159 Å². The molecule has 2 aromatic rings. The van der Waals surface area contributed by atoms with Crippen LogP contribution in [0.5, 0.6) is 5.75 Å². The summed E-state index contributed by atoms with van der Waals surface area (Å²) in [6.45, 7) is 1.13. The molecule has 1 amide bonds. The SMILES string of the molecule is CC(=O)Nc1cc(S(=O)(=O)O)cc2cc(S(=O)(=O)O)cc(O)c12.[Na+]. The molecular weight excluding hydrogens is 373 g/mol. The Balaban J connectivity index is 0.00000288. The number of amides is 1. The molecule has 0 saturated carbocycles. The van der Waals surface area contributed by atoms with E-state index in [0.717, 1.165) is 31.2 Å². The van der Waals surface area contributed by atoms with E-state index in [1.165, 1.54) is 0 Å². The number of hydrogen-bond acceptors (Lipinski definition) is 6. The molecule has 124 valence electrons. The maximum absolute atomic E-state index is 11.3. The van der Waals surface area contributed by atoms with Crippen molar-refractivity contribution in [1.82, 2.24) is 0 Å². The normalized spacial score (nSPS) is 11.8. The number of nitrogens with one attached hydrogen (secondary N) is 1. The van der Waals surface area contributed by atoms with Gasteiger partial charge in [-0.15, -0.1) is 0 Å². The first kappa shape index (κ1) is 20.8. The first-order chi connectivity index (χ1) is 10.4. The number of hydrogen-bond donors (Lipinski definition) is 4. The third-order valence-electron chi connectivity index (χ3n) is 2.88. The second-order valence-corrected chi connectivity index (χ2v) is 7.49. The van der Waals surface area contributed by atoms with Gasteiger partial charge in [0.15, 0.2) is 0 Å². The van der Waals surface area contributed by atoms with E-state index in [2.05, 4.69) is 5.32 Å². The smallest absolute Gasteiger partial charge is 0.507 e. The van der Waals surface area contributed by atoms with Gasteiger partial charge < -0.3 is 10.4 Å². The summed E-state index contributed by atoms with van der Waals surface area (Å²) in [5, 5.41) is 12.1. The van der Waals surface area contributed by atoms with Gasteiger partial charge in [-0.05, 0) is 23.6 Å². The summed E-state index contributed by atoms with van der Waals surface area (Å²) in [6, 6.07) is 3.44. The zero-order chi connectivity index (χ0) is 17.6. The van der Waals surface area contributed by atoms with Crippen LogP contribution in [0.3, 0.4) is 0 Å². The van der Waals surface area contributed by atoms with Crippen LogP contribution in [0, 0.1) is 0 Å². The molecule has 0 aliphatic heterocycles. The van der Waals surface area contributed by atoms with E-state index in [-0.39, 0.29) is 46.0 Å². The number of carbonyl (C=O) groups excluding carboxylic acids is 1. The summed E-state index contributed by atoms with van der Waals surface area (Å²) in [5.41, 5.74) is -0.151. The topological polar surface area (TPSA) is 158 Å². The van der Waals surface area contributed by atoms with Crippen LogP contribution in [0.1, 0.15) is 6.92 Å². The molecule has 24 heavy (non-hydrogen) atoms. The summed E-state index contributed by atoms with van der Waals surface area (Å²) < 4.78 is 63.1. The Morgan fingerprint density at radius 1 is 0.958 bits per heavy atom. The molecule has 0 aliphatic rings. The van der Waals surface area contributed by atoms with Gasteiger partial charge in [0.1, 0.15) is 5.75 Å². The molecule has 0 fully saturated rings. The van der Waals surface area contributed by atoms with Crippen LogP contribution < -0.4 is 34.9 Å². The van der Waals surface area contributed by atoms with Crippen molar-refractivity contribution in [2.24, 2.45) is 0 Å². The van der Waals surface area contributed by atoms with E-state index < -0.39 is 41.7 Å². The zero-order valence-corrected chi connectivity index (χ0v) is 16.1. The van der Waals surface area contributed by atoms with Crippen LogP contribution in [0.25, 0.3) is 10.8 Å². The Kier molecular flexibility index (Phi) is 6.04. The average Bonchev–Trinajstić information content (AvgIpc) is 2.34. The molecule has 0 aliphatic carbocycles. The van der Waals surface area contributed by atoms with Crippen molar-refractivity contribution < 1.29 is 65.4 Å². The Bertz CT molecular complexity index is 1030. The van der Waals surface area contributed by atoms with Crippen LogP contribution in [0.15, 0.2) is 34.1 Å². The summed E-state index contributed by atoms with van der Waals surface area (Å²) in [6.07, 6.45) is 0. The Morgan fingerprint density at radius 3 is 1.83 bits per heavy atom. The molecule has 0 atom stereocenters. The van der Waals surface area contributed by atoms with E-state index >= 15 is 0 Å². The fourth-order valence-electron chi connectivity index (χ4n) is 2.02. The summed E-state index contributed by atoms with van der Waals surface area (Å²) in [7, 11) is -9.32. The maximum atomic E-state index is 11.3. The number of anilines is 1. The number of aromatic hydroxyl groups is 1. The second kappa shape index (κ2) is 6.96. The molecule has 0 aromatic heterocycles. The first-order valence-electron chi connectivity index (χ1n) is 5.93. The number of phenolic OH excluding ortho intramolecular Hbond substituents is 1. The second-order valence-electron chi connectivity index (χ2n) is 4.64. The van der Waals surface area contributed by atoms with Gasteiger partial charge >= 0.3 is 29.6 Å². The fourth-order valence-corrected chi connectivity index (χ4v) is 3.10. The van der Waals surface area contributed by atoms with Gasteiger partial charge in [-0.1, -0.05) is 0 Å². The minimum Gasteiger partial charge on any atom is -0.507 e. The van der Waals surface area contributed by atoms with Gasteiger partial charge in [-0.3, -0.25) is 13.9 Å². The van der Waals surface area contributed by atoms with Crippen molar-refractivity contribution >= 4 is 42.6 Å². The molecule has 12 heteroatoms. The summed E-state index contributed by atoms with van der Waals surface area (Å²) >= 11 is 0. The molecule has 0 bridgehead atoms. The van der Waals surface area contributed by atoms with Crippen molar-refractivity contribution in [3.63, 3.8) is 0 Å². The van der Waals surface area contributed by atoms with Crippen molar-refractivity contribution in [3.05, 3.63) is 24.3 Å². The van der Waals surface area contributed by atoms with Crippen molar-refractivity contribution in [2.45, 2.75) is 16.7 Å². The largest absolute Gasteiger partial charge is 1.00 e. The zero-order valence-electron chi connectivity index (χ0n) is 12.5. The molecule has 0 unspecified atom stereocenters. The van der Waals surface area contributed by atoms with E-state index in [0.29, 0.717) is 0 Å². The number of phenols is 1. The number of benzene rings is 2. The molecule has 9 nitrogen and oxygen atoms in total. The first-order valence-corrected chi connectivity index (χ1v) is 8.81. The standard InChI is InChI=1S/C12H11NO8S2.Na/c1-6(14)13-10-4-8(22(16,17)18)2-7-3-9(23(19,20)21)5-11(15)12(7)10;/h2-5,15H,1H3,(H,13,14)(H,16,17,18)(H,19,20,21);/q;+1. The van der Waals surface area contributed by atoms with Gasteiger partial charge in [0.25, 0.3) is 20.2 Å². The van der Waals surface area contributed by atoms with Crippen LogP contribution in [0.2, 0.25) is 0 Å². The monoisotopic (exact) mass is 384 g/mol. The van der Waals surface area contributed by atoms with E-state index in [9.17, 15) is 26.7 Å². The molecule has 4 N–H and O–H groups in total. The molecule has 0 radical (unpaired) electrons. The molecule has 0 spiro atoms. The van der Waals surface area contributed by atoms with Gasteiger partial charge in [-0.2, -0.15) is 16.8 Å². The minimum atomic E-state index is -4.66. The molecule has 2 rings (SSSR count). The van der Waals surface area contributed by atoms with Gasteiger partial charge in [-0.25, -0.2) is 0 Å². The average molecular weight is 384 g/mol. The summed E-state index contributed by atoms with van der Waals surface area (Å²) in [5.74, 6) is -1.20. The van der Waals surface area contributed by atoms with E-state index in [4.69, 9.17) is 9.11 Å². The summed E-state index contributed by atoms with van der Waals surface area (Å²) in [4.78, 5) is 9.91. The maximum Gasteiger partial charge on any atom is 1.00 e. The van der Waals surface area contributed by atoms with Gasteiger partial charge in [0, 0.05) is 18.4 Å². The van der Waals surface area contributed by atoms with E-state index in [1.54, 1.807) is 0 Å². The van der Waals surface area contributed by atoms with Crippen LogP contribution in [0.4, 0.5) is 5.69 Å². The predicted octanol–water partition coefficient (Wildman–Crippen LogP) is -2.00. The Hall–Kier alpha value is -1.21. The number of carbonyl (C=O) groups is 1. The minimum absolute atomic E-state index is 0.